The molecule has 1 saturated heterocycles. The maximum Gasteiger partial charge on any atom is 0.453 e. The summed E-state index contributed by atoms with van der Waals surface area (Å²) in [6, 6.07) is -0.394. The maximum atomic E-state index is 12.8. The summed E-state index contributed by atoms with van der Waals surface area (Å²) in [6.45, 7) is 3.22. The van der Waals surface area contributed by atoms with Gasteiger partial charge in [0.05, 0.1) is 11.5 Å². The summed E-state index contributed by atoms with van der Waals surface area (Å²) in [7, 11) is -3.09. The number of fused-ring (bicyclic) bond motifs is 1. The third-order valence-electron chi connectivity index (χ3n) is 4.50. The van der Waals surface area contributed by atoms with Crippen LogP contribution in [-0.4, -0.2) is 51.5 Å². The monoisotopic (exact) mass is 405 g/mol. The third-order valence-corrected chi connectivity index (χ3v) is 6.27. The van der Waals surface area contributed by atoms with Gasteiger partial charge in [-0.15, -0.1) is 5.10 Å². The fraction of sp³-hybridized carbons (Fsp3) is 0.600. The second kappa shape index (κ2) is 6.73. The first-order valence-corrected chi connectivity index (χ1v) is 10.1. The molecule has 1 N–H and O–H groups in total. The van der Waals surface area contributed by atoms with Gasteiger partial charge >= 0.3 is 6.18 Å². The number of sulfone groups is 1. The molecule has 0 aliphatic carbocycles. The molecule has 1 aliphatic heterocycles. The topological polar surface area (TPSA) is 106 Å². The van der Waals surface area contributed by atoms with E-state index in [-0.39, 0.29) is 36.0 Å². The van der Waals surface area contributed by atoms with Crippen LogP contribution in [0.5, 0.6) is 0 Å². The van der Waals surface area contributed by atoms with Gasteiger partial charge in [0.2, 0.25) is 5.91 Å². The maximum absolute atomic E-state index is 12.8. The molecular formula is C15H18F3N5O3S. The minimum absolute atomic E-state index is 0.0601. The molecule has 3 rings (SSSR count). The Kier molecular flexibility index (Phi) is 4.87. The van der Waals surface area contributed by atoms with Crippen molar-refractivity contribution in [2.75, 3.05) is 11.5 Å². The third kappa shape index (κ3) is 4.20. The van der Waals surface area contributed by atoms with Crippen molar-refractivity contribution in [3.8, 4) is 0 Å². The minimum Gasteiger partial charge on any atom is -0.352 e. The highest BCUT2D eigenvalue weighted by Gasteiger charge is 2.37. The Morgan fingerprint density at radius 3 is 2.59 bits per heavy atom. The van der Waals surface area contributed by atoms with Crippen LogP contribution >= 0.6 is 0 Å². The number of alkyl halides is 3. The molecule has 2 aromatic rings. The second-order valence-corrected chi connectivity index (χ2v) is 8.80. The van der Waals surface area contributed by atoms with Crippen LogP contribution in [0, 0.1) is 13.8 Å². The van der Waals surface area contributed by atoms with E-state index in [4.69, 9.17) is 0 Å². The van der Waals surface area contributed by atoms with Gasteiger partial charge < -0.3 is 5.32 Å². The number of hydrogen-bond donors (Lipinski definition) is 1. The van der Waals surface area contributed by atoms with Crippen molar-refractivity contribution < 1.29 is 26.4 Å². The van der Waals surface area contributed by atoms with Crippen LogP contribution in [0.2, 0.25) is 0 Å². The molecule has 1 fully saturated rings. The van der Waals surface area contributed by atoms with Crippen LogP contribution in [-0.2, 0) is 27.2 Å². The average Bonchev–Trinajstić information content (AvgIpc) is 3.10. The first-order valence-electron chi connectivity index (χ1n) is 8.26. The molecule has 0 spiro atoms. The van der Waals surface area contributed by atoms with E-state index in [1.54, 1.807) is 13.8 Å². The molecule has 1 atom stereocenters. The Labute approximate surface area is 153 Å². The summed E-state index contributed by atoms with van der Waals surface area (Å²) >= 11 is 0. The van der Waals surface area contributed by atoms with E-state index in [0.29, 0.717) is 23.4 Å². The zero-order valence-electron chi connectivity index (χ0n) is 14.7. The average molecular weight is 405 g/mol. The number of aryl methyl sites for hydroxylation is 2. The molecule has 0 bridgehead atoms. The number of nitrogens with one attached hydrogen (secondary N) is 1. The number of carbonyl (C=O) groups is 1. The van der Waals surface area contributed by atoms with Gasteiger partial charge in [0, 0.05) is 23.9 Å². The lowest BCUT2D eigenvalue weighted by Gasteiger charge is -2.13. The smallest absolute Gasteiger partial charge is 0.352 e. The van der Waals surface area contributed by atoms with Crippen molar-refractivity contribution in [3.05, 3.63) is 22.8 Å². The molecular weight excluding hydrogens is 387 g/mol. The van der Waals surface area contributed by atoms with Crippen molar-refractivity contribution in [1.82, 2.24) is 24.9 Å². The first-order chi connectivity index (χ1) is 12.5. The van der Waals surface area contributed by atoms with Crippen molar-refractivity contribution in [1.29, 1.82) is 0 Å². The molecule has 3 heterocycles. The van der Waals surface area contributed by atoms with Crippen LogP contribution in [0.15, 0.2) is 0 Å². The highest BCUT2D eigenvalue weighted by Crippen LogP contribution is 2.27. The van der Waals surface area contributed by atoms with Gasteiger partial charge in [0.1, 0.15) is 0 Å². The molecule has 0 aromatic carbocycles. The van der Waals surface area contributed by atoms with Gasteiger partial charge in [0.15, 0.2) is 9.84 Å². The van der Waals surface area contributed by atoms with Crippen LogP contribution in [0.3, 0.4) is 0 Å². The highest BCUT2D eigenvalue weighted by molar-refractivity contribution is 7.91. The Morgan fingerprint density at radius 1 is 1.30 bits per heavy atom. The molecule has 1 aliphatic rings. The van der Waals surface area contributed by atoms with E-state index in [0.717, 1.165) is 4.52 Å². The number of nitrogens with zero attached hydrogens (tertiary/aromatic N) is 4. The van der Waals surface area contributed by atoms with Gasteiger partial charge in [-0.2, -0.15) is 18.2 Å². The molecule has 0 radical (unpaired) electrons. The largest absolute Gasteiger partial charge is 0.453 e. The van der Waals surface area contributed by atoms with Crippen molar-refractivity contribution in [3.63, 3.8) is 0 Å². The van der Waals surface area contributed by atoms with Crippen molar-refractivity contribution in [2.45, 2.75) is 45.3 Å². The van der Waals surface area contributed by atoms with Gasteiger partial charge in [-0.25, -0.2) is 17.9 Å². The number of rotatable bonds is 4. The van der Waals surface area contributed by atoms with Gasteiger partial charge in [-0.3, -0.25) is 4.79 Å². The Bertz CT molecular complexity index is 1000. The quantitative estimate of drug-likeness (QED) is 0.813. The van der Waals surface area contributed by atoms with Gasteiger partial charge in [-0.1, -0.05) is 0 Å². The SMILES string of the molecule is Cc1nc2nc(C(F)(F)F)nn2c(C)c1CCC(=O)NC1CCS(=O)(=O)C1. The predicted molar refractivity (Wildman–Crippen MR) is 88.8 cm³/mol. The highest BCUT2D eigenvalue weighted by atomic mass is 32.2. The Balaban J connectivity index is 1.74. The number of halogens is 3. The lowest BCUT2D eigenvalue weighted by molar-refractivity contribution is -0.144. The molecule has 0 saturated carbocycles. The van der Waals surface area contributed by atoms with Crippen LogP contribution in [0.25, 0.3) is 5.78 Å². The lowest BCUT2D eigenvalue weighted by Crippen LogP contribution is -2.35. The molecule has 1 unspecified atom stereocenters. The van der Waals surface area contributed by atoms with Gasteiger partial charge in [0.25, 0.3) is 11.6 Å². The van der Waals surface area contributed by atoms with Crippen LogP contribution in [0.1, 0.15) is 35.6 Å². The molecule has 27 heavy (non-hydrogen) atoms. The normalized spacial score (nSPS) is 19.5. The fourth-order valence-electron chi connectivity index (χ4n) is 3.14. The number of hydrogen-bond acceptors (Lipinski definition) is 6. The summed E-state index contributed by atoms with van der Waals surface area (Å²) in [4.78, 5) is 19.5. The van der Waals surface area contributed by atoms with E-state index in [2.05, 4.69) is 20.4 Å². The number of aromatic nitrogens is 4. The van der Waals surface area contributed by atoms with E-state index < -0.39 is 27.9 Å². The second-order valence-electron chi connectivity index (χ2n) is 6.57. The zero-order valence-corrected chi connectivity index (χ0v) is 15.5. The molecule has 8 nitrogen and oxygen atoms in total. The first kappa shape index (κ1) is 19.5. The van der Waals surface area contributed by atoms with E-state index in [1.807, 2.05) is 0 Å². The Hall–Kier alpha value is -2.24. The predicted octanol–water partition coefficient (Wildman–Crippen LogP) is 0.996. The van der Waals surface area contributed by atoms with E-state index in [9.17, 15) is 26.4 Å². The summed E-state index contributed by atoms with van der Waals surface area (Å²) in [6.07, 6.45) is -3.98. The molecule has 1 amide bonds. The van der Waals surface area contributed by atoms with Crippen molar-refractivity contribution >= 4 is 21.5 Å². The standard InChI is InChI=1S/C15H18F3N5O3S/c1-8-11(3-4-12(24)20-10-5-6-27(25,26)7-10)9(2)23-14(19-8)21-13(22-23)15(16,17)18/h10H,3-7H2,1-2H3,(H,20,24). The van der Waals surface area contributed by atoms with Crippen molar-refractivity contribution in [2.24, 2.45) is 0 Å². The summed E-state index contributed by atoms with van der Waals surface area (Å²) < 4.78 is 62.3. The molecule has 2 aromatic heterocycles. The lowest BCUT2D eigenvalue weighted by atomic mass is 10.1. The molecule has 12 heteroatoms. The number of carbonyl (C=O) groups excluding carboxylic acids is 1. The fourth-order valence-corrected chi connectivity index (χ4v) is 4.81. The minimum atomic E-state index is -4.67. The summed E-state index contributed by atoms with van der Waals surface area (Å²) in [5.41, 5.74) is 1.50. The van der Waals surface area contributed by atoms with E-state index >= 15 is 0 Å². The van der Waals surface area contributed by atoms with Crippen LogP contribution < -0.4 is 5.32 Å². The zero-order chi connectivity index (χ0) is 20.0. The summed E-state index contributed by atoms with van der Waals surface area (Å²) in [5, 5.41) is 6.15. The van der Waals surface area contributed by atoms with E-state index in [1.165, 1.54) is 0 Å². The number of amides is 1. The van der Waals surface area contributed by atoms with Crippen LogP contribution in [0.4, 0.5) is 13.2 Å². The summed E-state index contributed by atoms with van der Waals surface area (Å²) in [5.74, 6) is -1.74. The molecule has 148 valence electrons. The Morgan fingerprint density at radius 2 is 2.00 bits per heavy atom. The van der Waals surface area contributed by atoms with Gasteiger partial charge in [-0.05, 0) is 32.3 Å².